The van der Waals surface area contributed by atoms with Gasteiger partial charge in [0, 0.05) is 24.9 Å². The van der Waals surface area contributed by atoms with E-state index in [1.807, 2.05) is 0 Å². The molecule has 17 heavy (non-hydrogen) atoms. The third kappa shape index (κ3) is 2.61. The number of benzene rings is 1. The Morgan fingerprint density at radius 1 is 1.29 bits per heavy atom. The Labute approximate surface area is 98.1 Å². The Morgan fingerprint density at radius 3 is 2.71 bits per heavy atom. The van der Waals surface area contributed by atoms with Crippen molar-refractivity contribution in [2.45, 2.75) is 13.0 Å². The number of hydrogen-bond donors (Lipinski definition) is 1. The molecule has 1 N–H and O–H groups in total. The SMILES string of the molecule is C[C@@H](Nc1ccn(C)n1)c1cc(F)ccc1F. The number of aryl methyl sites for hydroxylation is 1. The van der Waals surface area contributed by atoms with E-state index in [0.717, 1.165) is 12.1 Å². The second kappa shape index (κ2) is 4.53. The quantitative estimate of drug-likeness (QED) is 0.889. The maximum absolute atomic E-state index is 13.5. The van der Waals surface area contributed by atoms with Crippen LogP contribution in [-0.4, -0.2) is 9.78 Å². The molecule has 1 heterocycles. The predicted octanol–water partition coefficient (Wildman–Crippen LogP) is 2.87. The van der Waals surface area contributed by atoms with E-state index >= 15 is 0 Å². The molecule has 2 rings (SSSR count). The first-order chi connectivity index (χ1) is 8.06. The van der Waals surface area contributed by atoms with Crippen molar-refractivity contribution >= 4 is 5.82 Å². The summed E-state index contributed by atoms with van der Waals surface area (Å²) in [4.78, 5) is 0. The van der Waals surface area contributed by atoms with E-state index in [1.54, 1.807) is 30.9 Å². The molecular weight excluding hydrogens is 224 g/mol. The lowest BCUT2D eigenvalue weighted by molar-refractivity contribution is 0.576. The normalized spacial score (nSPS) is 12.5. The van der Waals surface area contributed by atoms with Crippen molar-refractivity contribution in [1.82, 2.24) is 9.78 Å². The predicted molar refractivity (Wildman–Crippen MR) is 61.6 cm³/mol. The second-order valence-electron chi connectivity index (χ2n) is 3.91. The number of nitrogens with zero attached hydrogens (tertiary/aromatic N) is 2. The van der Waals surface area contributed by atoms with Crippen LogP contribution in [0.1, 0.15) is 18.5 Å². The van der Waals surface area contributed by atoms with E-state index < -0.39 is 11.6 Å². The van der Waals surface area contributed by atoms with E-state index in [0.29, 0.717) is 5.82 Å². The van der Waals surface area contributed by atoms with E-state index in [-0.39, 0.29) is 11.6 Å². The van der Waals surface area contributed by atoms with Gasteiger partial charge in [0.05, 0.1) is 6.04 Å². The molecule has 90 valence electrons. The summed E-state index contributed by atoms with van der Waals surface area (Å²) in [6, 6.07) is 4.85. The molecule has 0 bridgehead atoms. The Balaban J connectivity index is 2.19. The van der Waals surface area contributed by atoms with Gasteiger partial charge in [-0.1, -0.05) is 0 Å². The van der Waals surface area contributed by atoms with Crippen LogP contribution in [0.15, 0.2) is 30.5 Å². The lowest BCUT2D eigenvalue weighted by atomic mass is 10.1. The third-order valence-electron chi connectivity index (χ3n) is 2.50. The van der Waals surface area contributed by atoms with Crippen LogP contribution >= 0.6 is 0 Å². The van der Waals surface area contributed by atoms with Crippen LogP contribution in [0.3, 0.4) is 0 Å². The molecule has 0 amide bonds. The second-order valence-corrected chi connectivity index (χ2v) is 3.91. The highest BCUT2D eigenvalue weighted by Crippen LogP contribution is 2.21. The molecule has 5 heteroatoms. The van der Waals surface area contributed by atoms with Gasteiger partial charge in [0.25, 0.3) is 0 Å². The smallest absolute Gasteiger partial charge is 0.148 e. The molecular formula is C12H13F2N3. The highest BCUT2D eigenvalue weighted by Gasteiger charge is 2.12. The summed E-state index contributed by atoms with van der Waals surface area (Å²) in [5, 5.41) is 7.13. The van der Waals surface area contributed by atoms with Crippen LogP contribution in [0.5, 0.6) is 0 Å². The molecule has 3 nitrogen and oxygen atoms in total. The van der Waals surface area contributed by atoms with Crippen molar-refractivity contribution in [3.63, 3.8) is 0 Å². The minimum atomic E-state index is -0.448. The zero-order chi connectivity index (χ0) is 12.4. The zero-order valence-corrected chi connectivity index (χ0v) is 9.61. The number of hydrogen-bond acceptors (Lipinski definition) is 2. The van der Waals surface area contributed by atoms with Crippen LogP contribution in [0, 0.1) is 11.6 Å². The monoisotopic (exact) mass is 237 g/mol. The molecule has 0 aliphatic carbocycles. The highest BCUT2D eigenvalue weighted by atomic mass is 19.1. The fourth-order valence-electron chi connectivity index (χ4n) is 1.64. The van der Waals surface area contributed by atoms with Gasteiger partial charge in [0.2, 0.25) is 0 Å². The summed E-state index contributed by atoms with van der Waals surface area (Å²) in [5.41, 5.74) is 0.288. The van der Waals surface area contributed by atoms with Gasteiger partial charge in [-0.2, -0.15) is 5.10 Å². The molecule has 0 unspecified atom stereocenters. The van der Waals surface area contributed by atoms with E-state index in [2.05, 4.69) is 10.4 Å². The molecule has 0 radical (unpaired) electrons. The summed E-state index contributed by atoms with van der Waals surface area (Å²) in [5.74, 6) is -0.248. The van der Waals surface area contributed by atoms with E-state index in [9.17, 15) is 8.78 Å². The number of aromatic nitrogens is 2. The summed E-state index contributed by atoms with van der Waals surface area (Å²) >= 11 is 0. The van der Waals surface area contributed by atoms with Crippen LogP contribution in [0.25, 0.3) is 0 Å². The van der Waals surface area contributed by atoms with Gasteiger partial charge in [-0.15, -0.1) is 0 Å². The minimum Gasteiger partial charge on any atom is -0.362 e. The lowest BCUT2D eigenvalue weighted by Crippen LogP contribution is -2.09. The Kier molecular flexibility index (Phi) is 3.08. The number of anilines is 1. The summed E-state index contributed by atoms with van der Waals surface area (Å²) in [6.07, 6.45) is 1.77. The van der Waals surface area contributed by atoms with Crippen molar-refractivity contribution in [1.29, 1.82) is 0 Å². The molecule has 0 spiro atoms. The molecule has 1 aromatic carbocycles. The zero-order valence-electron chi connectivity index (χ0n) is 9.61. The Morgan fingerprint density at radius 2 is 2.06 bits per heavy atom. The van der Waals surface area contributed by atoms with Crippen LogP contribution < -0.4 is 5.32 Å². The number of nitrogens with one attached hydrogen (secondary N) is 1. The van der Waals surface area contributed by atoms with Crippen molar-refractivity contribution < 1.29 is 8.78 Å². The van der Waals surface area contributed by atoms with Crippen LogP contribution in [0.4, 0.5) is 14.6 Å². The average Bonchev–Trinajstić information content (AvgIpc) is 2.67. The number of halogens is 2. The standard InChI is InChI=1S/C12H13F2N3/c1-8(15-12-5-6-17(2)16-12)10-7-9(13)3-4-11(10)14/h3-8H,1-2H3,(H,15,16)/t8-/m1/s1. The maximum Gasteiger partial charge on any atom is 0.148 e. The van der Waals surface area contributed by atoms with Crippen molar-refractivity contribution in [2.75, 3.05) is 5.32 Å². The fourth-order valence-corrected chi connectivity index (χ4v) is 1.64. The van der Waals surface area contributed by atoms with Crippen LogP contribution in [-0.2, 0) is 7.05 Å². The lowest BCUT2D eigenvalue weighted by Gasteiger charge is -2.14. The van der Waals surface area contributed by atoms with Gasteiger partial charge in [-0.05, 0) is 25.1 Å². The first-order valence-electron chi connectivity index (χ1n) is 5.27. The topological polar surface area (TPSA) is 29.9 Å². The molecule has 0 saturated carbocycles. The number of rotatable bonds is 3. The molecule has 1 aromatic heterocycles. The first-order valence-corrected chi connectivity index (χ1v) is 5.27. The molecule has 0 aliphatic heterocycles. The maximum atomic E-state index is 13.5. The molecule has 0 saturated heterocycles. The Hall–Kier alpha value is -1.91. The average molecular weight is 237 g/mol. The summed E-state index contributed by atoms with van der Waals surface area (Å²) in [6.45, 7) is 1.76. The molecule has 1 atom stereocenters. The molecule has 2 aromatic rings. The van der Waals surface area contributed by atoms with Gasteiger partial charge < -0.3 is 5.32 Å². The molecule has 0 aliphatic rings. The Bertz CT molecular complexity index is 522. The van der Waals surface area contributed by atoms with E-state index in [4.69, 9.17) is 0 Å². The van der Waals surface area contributed by atoms with Gasteiger partial charge in [-0.3, -0.25) is 4.68 Å². The van der Waals surface area contributed by atoms with Crippen molar-refractivity contribution in [3.05, 3.63) is 47.7 Å². The summed E-state index contributed by atoms with van der Waals surface area (Å²) < 4.78 is 28.2. The fraction of sp³-hybridized carbons (Fsp3) is 0.250. The third-order valence-corrected chi connectivity index (χ3v) is 2.50. The highest BCUT2D eigenvalue weighted by molar-refractivity contribution is 5.37. The van der Waals surface area contributed by atoms with Gasteiger partial charge in [0.15, 0.2) is 0 Å². The van der Waals surface area contributed by atoms with Gasteiger partial charge >= 0.3 is 0 Å². The largest absolute Gasteiger partial charge is 0.362 e. The summed E-state index contributed by atoms with van der Waals surface area (Å²) in [7, 11) is 1.79. The molecule has 0 fully saturated rings. The van der Waals surface area contributed by atoms with Crippen molar-refractivity contribution in [2.24, 2.45) is 7.05 Å². The van der Waals surface area contributed by atoms with Crippen LogP contribution in [0.2, 0.25) is 0 Å². The first kappa shape index (κ1) is 11.6. The van der Waals surface area contributed by atoms with Gasteiger partial charge in [0.1, 0.15) is 17.5 Å². The van der Waals surface area contributed by atoms with Gasteiger partial charge in [-0.25, -0.2) is 8.78 Å². The van der Waals surface area contributed by atoms with E-state index in [1.165, 1.54) is 6.07 Å². The minimum absolute atomic E-state index is 0.288. The van der Waals surface area contributed by atoms with Crippen molar-refractivity contribution in [3.8, 4) is 0 Å².